The van der Waals surface area contributed by atoms with Gasteiger partial charge in [0.25, 0.3) is 5.91 Å². The molecule has 2 saturated carbocycles. The van der Waals surface area contributed by atoms with Gasteiger partial charge < -0.3 is 35.1 Å². The van der Waals surface area contributed by atoms with Crippen LogP contribution >= 0.6 is 11.3 Å². The summed E-state index contributed by atoms with van der Waals surface area (Å²) in [5.74, 6) is -1.62. The number of nitrogens with one attached hydrogen (secondary N) is 4. The minimum absolute atomic E-state index is 0.0198. The fraction of sp³-hybridized carbons (Fsp3) is 0.581. The number of pyridine rings is 1. The normalized spacial score (nSPS) is 25.1. The predicted octanol–water partition coefficient (Wildman–Crippen LogP) is 5.68. The highest BCUT2D eigenvalue weighted by Crippen LogP contribution is 2.46. The van der Waals surface area contributed by atoms with Crippen LogP contribution in [-0.4, -0.2) is 102 Å². The van der Waals surface area contributed by atoms with Gasteiger partial charge in [0.2, 0.25) is 21.8 Å². The van der Waals surface area contributed by atoms with Crippen LogP contribution in [0.15, 0.2) is 41.8 Å². The minimum atomic E-state index is -3.95. The van der Waals surface area contributed by atoms with Crippen LogP contribution in [0.1, 0.15) is 92.4 Å². The minimum Gasteiger partial charge on any atom is -0.497 e. The Balaban J connectivity index is 1.22. The van der Waals surface area contributed by atoms with Gasteiger partial charge in [-0.2, -0.15) is 0 Å². The van der Waals surface area contributed by atoms with Crippen LogP contribution in [0.3, 0.4) is 0 Å². The summed E-state index contributed by atoms with van der Waals surface area (Å²) >= 11 is 1.45. The molecule has 2 aliphatic carbocycles. The Kier molecular flexibility index (Phi) is 12.9. The van der Waals surface area contributed by atoms with Crippen LogP contribution in [0, 0.1) is 11.3 Å². The average molecular weight is 880 g/mol. The number of likely N-dealkylation sites (tertiary alicyclic amines) is 1. The number of aromatic nitrogens is 2. The summed E-state index contributed by atoms with van der Waals surface area (Å²) < 4.78 is 45.9. The van der Waals surface area contributed by atoms with Crippen molar-refractivity contribution < 1.29 is 41.8 Å². The summed E-state index contributed by atoms with van der Waals surface area (Å²) in [4.78, 5) is 67.6. The van der Waals surface area contributed by atoms with Crippen LogP contribution in [0.25, 0.3) is 22.3 Å². The lowest BCUT2D eigenvalue weighted by molar-refractivity contribution is -0.143. The van der Waals surface area contributed by atoms with Gasteiger partial charge in [0.1, 0.15) is 47.0 Å². The zero-order valence-electron chi connectivity index (χ0n) is 35.6. The Hall–Kier alpha value is -4.97. The Bertz CT molecular complexity index is 2290. The number of sulfonamides is 1. The average Bonchev–Trinajstić information content (AvgIpc) is 3.62. The van der Waals surface area contributed by atoms with Crippen molar-refractivity contribution in [3.8, 4) is 22.9 Å². The highest BCUT2D eigenvalue weighted by Gasteiger charge is 2.61. The van der Waals surface area contributed by atoms with Gasteiger partial charge in [-0.05, 0) is 82.8 Å². The van der Waals surface area contributed by atoms with Gasteiger partial charge in [0, 0.05) is 41.3 Å². The lowest BCUT2D eigenvalue weighted by atomic mass is 9.85. The number of fused-ring (bicyclic) bond motifs is 2. The number of thiazole rings is 1. The van der Waals surface area contributed by atoms with E-state index < -0.39 is 68.9 Å². The van der Waals surface area contributed by atoms with Crippen molar-refractivity contribution in [1.82, 2.24) is 30.2 Å². The third kappa shape index (κ3) is 10.2. The van der Waals surface area contributed by atoms with E-state index in [0.717, 1.165) is 30.8 Å². The molecule has 3 aromatic rings. The number of anilines is 1. The van der Waals surface area contributed by atoms with Crippen molar-refractivity contribution in [2.75, 3.05) is 24.7 Å². The third-order valence-corrected chi connectivity index (χ3v) is 13.8. The number of nitrogens with zero attached hydrogens (tertiary/aromatic N) is 3. The lowest BCUT2D eigenvalue weighted by Crippen LogP contribution is -2.60. The molecule has 330 valence electrons. The number of methoxy groups -OCH3 is 1. The SMILES string of the molecule is COc1ccc2c(O[C@@H]3C[C@@H](C(=O)N[C@]45CC4/C=C\CCCCS(=O)(=O)NC5=O)N(C(=O)[C@@H](NC(=O)OC4CCCC4)C(C)(C)C)C3)cc(-c3csc(NC(C)C)n3)nc2c1. The first-order chi connectivity index (χ1) is 28.9. The topological polar surface area (TPSA) is 207 Å². The van der Waals surface area contributed by atoms with E-state index >= 15 is 0 Å². The predicted molar refractivity (Wildman–Crippen MR) is 232 cm³/mol. The number of amides is 4. The second kappa shape index (κ2) is 17.8. The Morgan fingerprint density at radius 3 is 2.52 bits per heavy atom. The third-order valence-electron chi connectivity index (χ3n) is 11.7. The molecule has 0 spiro atoms. The van der Waals surface area contributed by atoms with Gasteiger partial charge in [0.05, 0.1) is 30.6 Å². The molecule has 4 N–H and O–H groups in total. The zero-order valence-corrected chi connectivity index (χ0v) is 37.2. The van der Waals surface area contributed by atoms with Crippen molar-refractivity contribution in [1.29, 1.82) is 0 Å². The molecule has 18 heteroatoms. The van der Waals surface area contributed by atoms with Crippen molar-refractivity contribution >= 4 is 61.2 Å². The number of hydrogen-bond acceptors (Lipinski definition) is 13. The first kappa shape index (κ1) is 44.1. The van der Waals surface area contributed by atoms with Crippen molar-refractivity contribution in [2.24, 2.45) is 11.3 Å². The largest absolute Gasteiger partial charge is 0.497 e. The summed E-state index contributed by atoms with van der Waals surface area (Å²) in [6.45, 7) is 9.46. The van der Waals surface area contributed by atoms with Crippen LogP contribution in [0.4, 0.5) is 9.93 Å². The molecule has 5 atom stereocenters. The van der Waals surface area contributed by atoms with E-state index in [1.54, 1.807) is 25.3 Å². The molecular formula is C43H57N7O9S2. The molecule has 2 aliphatic heterocycles. The smallest absolute Gasteiger partial charge is 0.408 e. The maximum absolute atomic E-state index is 14.8. The lowest BCUT2D eigenvalue weighted by Gasteiger charge is -2.35. The van der Waals surface area contributed by atoms with E-state index in [1.807, 2.05) is 58.2 Å². The number of hydrogen-bond donors (Lipinski definition) is 4. The van der Waals surface area contributed by atoms with Gasteiger partial charge in [-0.25, -0.2) is 23.2 Å². The van der Waals surface area contributed by atoms with Gasteiger partial charge in [-0.1, -0.05) is 32.9 Å². The van der Waals surface area contributed by atoms with Crippen LogP contribution in [0.5, 0.6) is 11.5 Å². The number of rotatable bonds is 11. The molecule has 7 rings (SSSR count). The molecule has 4 amide bonds. The van der Waals surface area contributed by atoms with Crippen molar-refractivity contribution in [2.45, 2.75) is 128 Å². The number of allylic oxidation sites excluding steroid dienone is 1. The molecule has 4 aliphatic rings. The number of alkyl carbamates (subject to hydrolysis) is 1. The zero-order chi connectivity index (χ0) is 43.7. The fourth-order valence-corrected chi connectivity index (χ4v) is 10.3. The molecule has 2 aromatic heterocycles. The standard InChI is InChI=1S/C43H57N7O9S2/c1-25(2)44-40-46-33(24-60-40)32-21-35(30-17-16-28(57-6)19-31(30)45-32)58-29-20-34(37(51)48-43-22-26(43)13-9-7-8-12-18-61(55,56)49-39(43)53)50(23-29)38(52)36(42(3,4)5)47-41(54)59-27-14-10-11-15-27/h9,13,16-17,19,21,24-27,29,34,36H,7-8,10-12,14-15,18,20,22-23H2,1-6H3,(H,44,46)(H,47,54)(H,48,51)(H,49,53)/b13-9-/t26?,29-,34+,36-,43-/m1/s1. The maximum Gasteiger partial charge on any atom is 0.408 e. The first-order valence-corrected chi connectivity index (χ1v) is 23.7. The number of ether oxygens (including phenoxy) is 3. The summed E-state index contributed by atoms with van der Waals surface area (Å²) in [5, 5.41) is 12.3. The molecule has 4 heterocycles. The Labute approximate surface area is 361 Å². The number of carbonyl (C=O) groups excluding carboxylic acids is 4. The Morgan fingerprint density at radius 2 is 1.80 bits per heavy atom. The van der Waals surface area contributed by atoms with E-state index in [-0.39, 0.29) is 37.3 Å². The first-order valence-electron chi connectivity index (χ1n) is 21.1. The monoisotopic (exact) mass is 879 g/mol. The summed E-state index contributed by atoms with van der Waals surface area (Å²) in [5.41, 5.74) is -0.595. The highest BCUT2D eigenvalue weighted by molar-refractivity contribution is 7.90. The second-order valence-electron chi connectivity index (χ2n) is 17.9. The number of benzene rings is 1. The molecule has 0 radical (unpaired) electrons. The quantitative estimate of drug-likeness (QED) is 0.172. The second-order valence-corrected chi connectivity index (χ2v) is 20.6. The van der Waals surface area contributed by atoms with Gasteiger partial charge >= 0.3 is 6.09 Å². The Morgan fingerprint density at radius 1 is 1.03 bits per heavy atom. The van der Waals surface area contributed by atoms with Gasteiger partial charge in [-0.3, -0.25) is 19.1 Å². The molecule has 0 bridgehead atoms. The van der Waals surface area contributed by atoms with E-state index in [2.05, 4.69) is 20.7 Å². The molecule has 1 aromatic carbocycles. The molecule has 1 saturated heterocycles. The van der Waals surface area contributed by atoms with Crippen LogP contribution in [0.2, 0.25) is 0 Å². The van der Waals surface area contributed by atoms with Crippen LogP contribution < -0.4 is 30.1 Å². The van der Waals surface area contributed by atoms with Crippen molar-refractivity contribution in [3.63, 3.8) is 0 Å². The van der Waals surface area contributed by atoms with E-state index in [1.165, 1.54) is 16.2 Å². The van der Waals surface area contributed by atoms with Crippen molar-refractivity contribution in [3.05, 3.63) is 41.8 Å². The van der Waals surface area contributed by atoms with E-state index in [0.29, 0.717) is 53.1 Å². The highest BCUT2D eigenvalue weighted by atomic mass is 32.2. The molecule has 61 heavy (non-hydrogen) atoms. The van der Waals surface area contributed by atoms with E-state index in [9.17, 15) is 27.6 Å². The summed E-state index contributed by atoms with van der Waals surface area (Å²) in [6.07, 6.45) is 7.34. The molecule has 1 unspecified atom stereocenters. The molecule has 3 fully saturated rings. The summed E-state index contributed by atoms with van der Waals surface area (Å²) in [6, 6.07) is 5.12. The maximum atomic E-state index is 14.8. The molecular weight excluding hydrogens is 823 g/mol. The summed E-state index contributed by atoms with van der Waals surface area (Å²) in [7, 11) is -2.38. The van der Waals surface area contributed by atoms with Gasteiger partial charge in [-0.15, -0.1) is 11.3 Å². The molecule has 16 nitrogen and oxygen atoms in total. The van der Waals surface area contributed by atoms with E-state index in [4.69, 9.17) is 24.2 Å². The fourth-order valence-electron chi connectivity index (χ4n) is 8.30. The van der Waals surface area contributed by atoms with Crippen LogP contribution in [-0.2, 0) is 29.1 Å². The van der Waals surface area contributed by atoms with Gasteiger partial charge in [0.15, 0.2) is 5.13 Å². The number of carbonyl (C=O) groups is 4.